The molecule has 1 aliphatic rings. The van der Waals surface area contributed by atoms with E-state index in [2.05, 4.69) is 16.4 Å². The third kappa shape index (κ3) is 3.83. The molecule has 29 heavy (non-hydrogen) atoms. The molecule has 0 aliphatic heterocycles. The topological polar surface area (TPSA) is 97.0 Å². The molecular formula is C22H20N4O3. The van der Waals surface area contributed by atoms with E-state index in [-0.39, 0.29) is 0 Å². The third-order valence-electron chi connectivity index (χ3n) is 5.22. The Bertz CT molecular complexity index is 1090. The van der Waals surface area contributed by atoms with Gasteiger partial charge in [-0.3, -0.25) is 9.36 Å². The highest BCUT2D eigenvalue weighted by molar-refractivity contribution is 5.91. The van der Waals surface area contributed by atoms with Crippen LogP contribution in [0.5, 0.6) is 0 Å². The molecule has 0 saturated heterocycles. The Balaban J connectivity index is 1.38. The van der Waals surface area contributed by atoms with E-state index in [0.29, 0.717) is 18.4 Å². The number of amides is 1. The summed E-state index contributed by atoms with van der Waals surface area (Å²) in [4.78, 5) is 28.7. The highest BCUT2D eigenvalue weighted by Gasteiger charge is 2.35. The quantitative estimate of drug-likeness (QED) is 0.677. The second kappa shape index (κ2) is 7.76. The second-order valence-electron chi connectivity index (χ2n) is 7.18. The molecule has 0 spiro atoms. The Morgan fingerprint density at radius 3 is 2.59 bits per heavy atom. The summed E-state index contributed by atoms with van der Waals surface area (Å²) in [7, 11) is 0. The molecular weight excluding hydrogens is 368 g/mol. The SMILES string of the molecule is N#CC1(NC(=O)COC(=O)c2ccc(-n3cnc4ccccc43)cc2)CCCC1. The first kappa shape index (κ1) is 18.7. The molecule has 146 valence electrons. The highest BCUT2D eigenvalue weighted by Crippen LogP contribution is 2.28. The van der Waals surface area contributed by atoms with Crippen molar-refractivity contribution in [3.8, 4) is 11.8 Å². The molecule has 4 rings (SSSR count). The Kier molecular flexibility index (Phi) is 5.00. The normalized spacial score (nSPS) is 15.0. The van der Waals surface area contributed by atoms with Crippen molar-refractivity contribution < 1.29 is 14.3 Å². The lowest BCUT2D eigenvalue weighted by Crippen LogP contribution is -2.46. The monoisotopic (exact) mass is 388 g/mol. The first-order valence-electron chi connectivity index (χ1n) is 9.52. The van der Waals surface area contributed by atoms with Gasteiger partial charge in [-0.05, 0) is 62.1 Å². The van der Waals surface area contributed by atoms with Gasteiger partial charge in [0.15, 0.2) is 6.61 Å². The average Bonchev–Trinajstić information content (AvgIpc) is 3.40. The number of carbonyl (C=O) groups excluding carboxylic acids is 2. The van der Waals surface area contributed by atoms with E-state index in [0.717, 1.165) is 29.6 Å². The van der Waals surface area contributed by atoms with E-state index in [1.54, 1.807) is 30.6 Å². The maximum Gasteiger partial charge on any atom is 0.338 e. The number of aromatic nitrogens is 2. The molecule has 1 N–H and O–H groups in total. The molecule has 1 aromatic heterocycles. The van der Waals surface area contributed by atoms with Gasteiger partial charge in [-0.1, -0.05) is 12.1 Å². The number of nitrogens with zero attached hydrogens (tertiary/aromatic N) is 3. The van der Waals surface area contributed by atoms with Crippen LogP contribution in [0.25, 0.3) is 16.7 Å². The summed E-state index contributed by atoms with van der Waals surface area (Å²) in [6, 6.07) is 16.9. The summed E-state index contributed by atoms with van der Waals surface area (Å²) in [6.45, 7) is -0.407. The Morgan fingerprint density at radius 1 is 1.14 bits per heavy atom. The molecule has 7 nitrogen and oxygen atoms in total. The molecule has 1 amide bonds. The number of nitrogens with one attached hydrogen (secondary N) is 1. The number of para-hydroxylation sites is 2. The molecule has 0 radical (unpaired) electrons. The van der Waals surface area contributed by atoms with Crippen LogP contribution in [0.1, 0.15) is 36.0 Å². The van der Waals surface area contributed by atoms with Crippen molar-refractivity contribution in [3.63, 3.8) is 0 Å². The van der Waals surface area contributed by atoms with Gasteiger partial charge < -0.3 is 10.1 Å². The summed E-state index contributed by atoms with van der Waals surface area (Å²) in [5, 5.41) is 12.0. The van der Waals surface area contributed by atoms with E-state index in [4.69, 9.17) is 4.74 Å². The van der Waals surface area contributed by atoms with Crippen molar-refractivity contribution in [1.29, 1.82) is 5.26 Å². The highest BCUT2D eigenvalue weighted by atomic mass is 16.5. The van der Waals surface area contributed by atoms with Crippen molar-refractivity contribution in [1.82, 2.24) is 14.9 Å². The largest absolute Gasteiger partial charge is 0.452 e. The van der Waals surface area contributed by atoms with E-state index >= 15 is 0 Å². The average molecular weight is 388 g/mol. The molecule has 0 unspecified atom stereocenters. The number of ether oxygens (including phenoxy) is 1. The van der Waals surface area contributed by atoms with Crippen LogP contribution in [0.3, 0.4) is 0 Å². The molecule has 1 aliphatic carbocycles. The van der Waals surface area contributed by atoms with Crippen LogP contribution >= 0.6 is 0 Å². The number of esters is 1. The van der Waals surface area contributed by atoms with Crippen LogP contribution in [-0.4, -0.2) is 33.6 Å². The van der Waals surface area contributed by atoms with Crippen LogP contribution in [0.4, 0.5) is 0 Å². The van der Waals surface area contributed by atoms with Gasteiger partial charge in [-0.2, -0.15) is 5.26 Å². The minimum Gasteiger partial charge on any atom is -0.452 e. The number of fused-ring (bicyclic) bond motifs is 1. The lowest BCUT2D eigenvalue weighted by molar-refractivity contribution is -0.125. The molecule has 1 fully saturated rings. The third-order valence-corrected chi connectivity index (χ3v) is 5.22. The number of carbonyl (C=O) groups is 2. The van der Waals surface area contributed by atoms with E-state index in [1.807, 2.05) is 28.8 Å². The summed E-state index contributed by atoms with van der Waals surface area (Å²) in [5.41, 5.74) is 2.25. The van der Waals surface area contributed by atoms with Gasteiger partial charge in [0.25, 0.3) is 5.91 Å². The summed E-state index contributed by atoms with van der Waals surface area (Å²) in [5.74, 6) is -1.04. The van der Waals surface area contributed by atoms with Crippen molar-refractivity contribution in [3.05, 3.63) is 60.4 Å². The first-order chi connectivity index (χ1) is 14.1. The van der Waals surface area contributed by atoms with Crippen molar-refractivity contribution in [2.75, 3.05) is 6.61 Å². The Labute approximate surface area is 167 Å². The maximum absolute atomic E-state index is 12.3. The lowest BCUT2D eigenvalue weighted by Gasteiger charge is -2.21. The van der Waals surface area contributed by atoms with Crippen molar-refractivity contribution in [2.24, 2.45) is 0 Å². The molecule has 0 atom stereocenters. The smallest absolute Gasteiger partial charge is 0.338 e. The summed E-state index contributed by atoms with van der Waals surface area (Å²) >= 11 is 0. The fourth-order valence-corrected chi connectivity index (χ4v) is 3.68. The zero-order valence-corrected chi connectivity index (χ0v) is 15.8. The van der Waals surface area contributed by atoms with Crippen LogP contribution in [0, 0.1) is 11.3 Å². The van der Waals surface area contributed by atoms with E-state index in [9.17, 15) is 14.9 Å². The zero-order valence-electron chi connectivity index (χ0n) is 15.8. The number of hydrogen-bond donors (Lipinski definition) is 1. The van der Waals surface area contributed by atoms with Gasteiger partial charge in [-0.25, -0.2) is 9.78 Å². The molecule has 3 aromatic rings. The molecule has 2 aromatic carbocycles. The first-order valence-corrected chi connectivity index (χ1v) is 9.52. The van der Waals surface area contributed by atoms with Crippen molar-refractivity contribution in [2.45, 2.75) is 31.2 Å². The van der Waals surface area contributed by atoms with E-state index in [1.165, 1.54) is 0 Å². The van der Waals surface area contributed by atoms with Crippen molar-refractivity contribution >= 4 is 22.9 Å². The van der Waals surface area contributed by atoms with Crippen LogP contribution in [0.15, 0.2) is 54.9 Å². The van der Waals surface area contributed by atoms with Gasteiger partial charge in [0, 0.05) is 5.69 Å². The molecule has 0 bridgehead atoms. The fourth-order valence-electron chi connectivity index (χ4n) is 3.68. The lowest BCUT2D eigenvalue weighted by atomic mass is 10.00. The predicted octanol–water partition coefficient (Wildman–Crippen LogP) is 3.13. The number of rotatable bonds is 5. The van der Waals surface area contributed by atoms with Crippen LogP contribution < -0.4 is 5.32 Å². The minimum absolute atomic E-state index is 0.349. The molecule has 1 heterocycles. The summed E-state index contributed by atoms with van der Waals surface area (Å²) in [6.07, 6.45) is 4.82. The predicted molar refractivity (Wildman–Crippen MR) is 106 cm³/mol. The number of nitriles is 1. The second-order valence-corrected chi connectivity index (χ2v) is 7.18. The van der Waals surface area contributed by atoms with Gasteiger partial charge >= 0.3 is 5.97 Å². The zero-order chi connectivity index (χ0) is 20.3. The standard InChI is InChI=1S/C22H20N4O3/c23-14-22(11-3-4-12-22)25-20(27)13-29-21(28)16-7-9-17(10-8-16)26-15-24-18-5-1-2-6-19(18)26/h1-2,5-10,15H,3-4,11-13H2,(H,25,27). The maximum atomic E-state index is 12.3. The fraction of sp³-hybridized carbons (Fsp3) is 0.273. The summed E-state index contributed by atoms with van der Waals surface area (Å²) < 4.78 is 7.04. The molecule has 1 saturated carbocycles. The number of imidazole rings is 1. The van der Waals surface area contributed by atoms with Gasteiger partial charge in [0.05, 0.1) is 22.7 Å². The van der Waals surface area contributed by atoms with Gasteiger partial charge in [-0.15, -0.1) is 0 Å². The van der Waals surface area contributed by atoms with Crippen LogP contribution in [-0.2, 0) is 9.53 Å². The van der Waals surface area contributed by atoms with Gasteiger partial charge in [0.2, 0.25) is 0 Å². The number of benzene rings is 2. The van der Waals surface area contributed by atoms with Gasteiger partial charge in [0.1, 0.15) is 11.9 Å². The molecule has 7 heteroatoms. The van der Waals surface area contributed by atoms with Crippen LogP contribution in [0.2, 0.25) is 0 Å². The van der Waals surface area contributed by atoms with E-state index < -0.39 is 24.0 Å². The Morgan fingerprint density at radius 2 is 1.86 bits per heavy atom. The Hall–Kier alpha value is -3.66. The number of hydrogen-bond acceptors (Lipinski definition) is 5. The minimum atomic E-state index is -0.821.